The highest BCUT2D eigenvalue weighted by atomic mass is 35.5. The number of aromatic nitrogens is 1. The molecular weight excluding hydrogens is 228 g/mol. The van der Waals surface area contributed by atoms with E-state index in [1.807, 2.05) is 18.0 Å². The molecule has 0 spiro atoms. The van der Waals surface area contributed by atoms with Gasteiger partial charge >= 0.3 is 0 Å². The topological polar surface area (TPSA) is 16.1 Å². The van der Waals surface area contributed by atoms with E-state index in [4.69, 9.17) is 11.6 Å². The molecule has 2 nitrogen and oxygen atoms in total. The van der Waals surface area contributed by atoms with Gasteiger partial charge in [-0.1, -0.05) is 0 Å². The van der Waals surface area contributed by atoms with Crippen molar-refractivity contribution in [3.05, 3.63) is 24.0 Å². The molecule has 1 aromatic rings. The van der Waals surface area contributed by atoms with Crippen molar-refractivity contribution < 1.29 is 0 Å². The second kappa shape index (κ2) is 5.61. The van der Waals surface area contributed by atoms with Crippen molar-refractivity contribution in [3.63, 3.8) is 0 Å². The van der Waals surface area contributed by atoms with Gasteiger partial charge in [0.15, 0.2) is 0 Å². The van der Waals surface area contributed by atoms with E-state index in [2.05, 4.69) is 22.0 Å². The van der Waals surface area contributed by atoms with E-state index in [0.29, 0.717) is 5.88 Å². The first-order chi connectivity index (χ1) is 7.40. The summed E-state index contributed by atoms with van der Waals surface area (Å²) in [6.45, 7) is 2.29. The second-order valence-corrected chi connectivity index (χ2v) is 5.08. The molecule has 15 heavy (non-hydrogen) atoms. The average Bonchev–Trinajstić information content (AvgIpc) is 2.58. The molecular formula is C11H15ClN2S. The Kier molecular flexibility index (Phi) is 4.15. The Morgan fingerprint density at radius 1 is 1.40 bits per heavy atom. The minimum atomic E-state index is 0.496. The molecule has 2 heterocycles. The smallest absolute Gasteiger partial charge is 0.0648 e. The predicted octanol–water partition coefficient (Wildman–Crippen LogP) is 2.76. The molecule has 0 radical (unpaired) electrons. The van der Waals surface area contributed by atoms with Gasteiger partial charge in [-0.25, -0.2) is 0 Å². The Bertz CT molecular complexity index is 311. The maximum Gasteiger partial charge on any atom is 0.0648 e. The van der Waals surface area contributed by atoms with Crippen LogP contribution in [-0.4, -0.2) is 29.6 Å². The molecule has 0 saturated carbocycles. The number of anilines is 1. The minimum Gasteiger partial charge on any atom is -0.371 e. The van der Waals surface area contributed by atoms with Gasteiger partial charge in [-0.3, -0.25) is 4.98 Å². The fraction of sp³-hybridized carbons (Fsp3) is 0.545. The lowest BCUT2D eigenvalue weighted by Gasteiger charge is -2.22. The van der Waals surface area contributed by atoms with Gasteiger partial charge < -0.3 is 4.90 Å². The van der Waals surface area contributed by atoms with Crippen molar-refractivity contribution in [1.82, 2.24) is 4.98 Å². The van der Waals surface area contributed by atoms with Gasteiger partial charge in [0, 0.05) is 30.7 Å². The molecule has 1 aromatic heterocycles. The third-order valence-electron chi connectivity index (χ3n) is 2.52. The van der Waals surface area contributed by atoms with Crippen molar-refractivity contribution in [2.24, 2.45) is 0 Å². The van der Waals surface area contributed by atoms with Crippen LogP contribution in [0.3, 0.4) is 0 Å². The highest BCUT2D eigenvalue weighted by Gasteiger charge is 2.10. The third-order valence-corrected chi connectivity index (χ3v) is 3.85. The van der Waals surface area contributed by atoms with Crippen molar-refractivity contribution in [3.8, 4) is 0 Å². The lowest BCUT2D eigenvalue weighted by Crippen LogP contribution is -2.25. The van der Waals surface area contributed by atoms with Gasteiger partial charge in [0.1, 0.15) is 0 Å². The van der Waals surface area contributed by atoms with Crippen molar-refractivity contribution in [2.45, 2.75) is 12.3 Å². The zero-order chi connectivity index (χ0) is 10.5. The third kappa shape index (κ3) is 3.02. The first-order valence-electron chi connectivity index (χ1n) is 5.24. The molecule has 1 fully saturated rings. The largest absolute Gasteiger partial charge is 0.371 e. The van der Waals surface area contributed by atoms with Crippen molar-refractivity contribution in [1.29, 1.82) is 0 Å². The van der Waals surface area contributed by atoms with E-state index in [1.165, 1.54) is 23.6 Å². The summed E-state index contributed by atoms with van der Waals surface area (Å²) in [5, 5.41) is 0. The number of halogens is 1. The molecule has 0 atom stereocenters. The number of alkyl halides is 1. The number of rotatable bonds is 2. The lowest BCUT2D eigenvalue weighted by molar-refractivity contribution is 0.814. The van der Waals surface area contributed by atoms with Crippen LogP contribution >= 0.6 is 23.4 Å². The number of hydrogen-bond donors (Lipinski definition) is 0. The fourth-order valence-corrected chi connectivity index (χ4v) is 2.77. The molecule has 0 bridgehead atoms. The van der Waals surface area contributed by atoms with Crippen LogP contribution in [-0.2, 0) is 5.88 Å². The molecule has 2 rings (SSSR count). The molecule has 1 aliphatic rings. The number of nitrogens with zero attached hydrogens (tertiary/aromatic N) is 2. The monoisotopic (exact) mass is 242 g/mol. The van der Waals surface area contributed by atoms with Gasteiger partial charge in [0.25, 0.3) is 0 Å². The van der Waals surface area contributed by atoms with Crippen molar-refractivity contribution >= 4 is 29.1 Å². The van der Waals surface area contributed by atoms with E-state index >= 15 is 0 Å². The highest BCUT2D eigenvalue weighted by Crippen LogP contribution is 2.19. The summed E-state index contributed by atoms with van der Waals surface area (Å²) < 4.78 is 0. The van der Waals surface area contributed by atoms with Crippen LogP contribution in [0.15, 0.2) is 18.3 Å². The van der Waals surface area contributed by atoms with E-state index < -0.39 is 0 Å². The molecule has 1 saturated heterocycles. The first kappa shape index (κ1) is 11.1. The Labute approximate surface area is 100 Å². The summed E-state index contributed by atoms with van der Waals surface area (Å²) in [6, 6.07) is 4.18. The van der Waals surface area contributed by atoms with Gasteiger partial charge in [-0.05, 0) is 24.3 Å². The second-order valence-electron chi connectivity index (χ2n) is 3.59. The maximum absolute atomic E-state index is 5.78. The van der Waals surface area contributed by atoms with Gasteiger partial charge in [-0.2, -0.15) is 11.8 Å². The molecule has 82 valence electrons. The van der Waals surface area contributed by atoms with Gasteiger partial charge in [0.05, 0.1) is 11.6 Å². The highest BCUT2D eigenvalue weighted by molar-refractivity contribution is 7.99. The molecule has 0 aromatic carbocycles. The normalized spacial score (nSPS) is 17.5. The predicted molar refractivity (Wildman–Crippen MR) is 67.9 cm³/mol. The summed E-state index contributed by atoms with van der Waals surface area (Å²) >= 11 is 7.83. The fourth-order valence-electron chi connectivity index (χ4n) is 1.74. The molecule has 0 N–H and O–H groups in total. The van der Waals surface area contributed by atoms with E-state index in [9.17, 15) is 0 Å². The standard InChI is InChI=1S/C11H15ClN2S/c12-9-10-8-11(2-3-13-10)14-4-1-6-15-7-5-14/h2-3,8H,1,4-7,9H2. The summed E-state index contributed by atoms with van der Waals surface area (Å²) in [7, 11) is 0. The number of hydrogen-bond acceptors (Lipinski definition) is 3. The van der Waals surface area contributed by atoms with Crippen LogP contribution in [0, 0.1) is 0 Å². The Morgan fingerprint density at radius 2 is 2.33 bits per heavy atom. The van der Waals surface area contributed by atoms with Crippen molar-refractivity contribution in [2.75, 3.05) is 29.5 Å². The summed E-state index contributed by atoms with van der Waals surface area (Å²) in [6.07, 6.45) is 3.12. The number of pyridine rings is 1. The summed E-state index contributed by atoms with van der Waals surface area (Å²) in [4.78, 5) is 6.64. The van der Waals surface area contributed by atoms with Gasteiger partial charge in [0.2, 0.25) is 0 Å². The minimum absolute atomic E-state index is 0.496. The SMILES string of the molecule is ClCc1cc(N2CCCSCC2)ccn1. The van der Waals surface area contributed by atoms with E-state index in [0.717, 1.165) is 18.8 Å². The van der Waals surface area contributed by atoms with Crippen LogP contribution in [0.5, 0.6) is 0 Å². The molecule has 0 unspecified atom stereocenters. The average molecular weight is 243 g/mol. The van der Waals surface area contributed by atoms with E-state index in [-0.39, 0.29) is 0 Å². The molecule has 1 aliphatic heterocycles. The Hall–Kier alpha value is -0.410. The Morgan fingerprint density at radius 3 is 3.20 bits per heavy atom. The number of thioether (sulfide) groups is 1. The van der Waals surface area contributed by atoms with Crippen LogP contribution in [0.2, 0.25) is 0 Å². The van der Waals surface area contributed by atoms with E-state index in [1.54, 1.807) is 0 Å². The summed E-state index contributed by atoms with van der Waals surface area (Å²) in [5.74, 6) is 3.00. The quantitative estimate of drug-likeness (QED) is 0.742. The maximum atomic E-state index is 5.78. The van der Waals surface area contributed by atoms with Crippen LogP contribution in [0.1, 0.15) is 12.1 Å². The van der Waals surface area contributed by atoms with Crippen LogP contribution in [0.25, 0.3) is 0 Å². The first-order valence-corrected chi connectivity index (χ1v) is 6.92. The van der Waals surface area contributed by atoms with Crippen LogP contribution in [0.4, 0.5) is 5.69 Å². The Balaban J connectivity index is 2.12. The molecule has 4 heteroatoms. The lowest BCUT2D eigenvalue weighted by atomic mass is 10.3. The zero-order valence-electron chi connectivity index (χ0n) is 8.66. The zero-order valence-corrected chi connectivity index (χ0v) is 10.2. The molecule has 0 aliphatic carbocycles. The van der Waals surface area contributed by atoms with Gasteiger partial charge in [-0.15, -0.1) is 11.6 Å². The molecule has 0 amide bonds. The van der Waals surface area contributed by atoms with Crippen LogP contribution < -0.4 is 4.90 Å². The summed E-state index contributed by atoms with van der Waals surface area (Å²) in [5.41, 5.74) is 2.23.